The number of halogens is 2. The Hall–Kier alpha value is -2.87. The summed E-state index contributed by atoms with van der Waals surface area (Å²) in [4.78, 5) is 16.2. The molecule has 31 heavy (non-hydrogen) atoms. The molecule has 1 aliphatic rings. The minimum absolute atomic E-state index is 0.255. The SMILES string of the molecule is CC(NC(=O)N(C)CCOc1ccc(F)cc1)c1cc(F)ccc1N1CCC(O)CC1. The molecule has 6 nitrogen and oxygen atoms in total. The zero-order chi connectivity index (χ0) is 22.4. The van der Waals surface area contributed by atoms with Gasteiger partial charge in [0.05, 0.1) is 18.7 Å². The van der Waals surface area contributed by atoms with E-state index in [4.69, 9.17) is 4.74 Å². The summed E-state index contributed by atoms with van der Waals surface area (Å²) >= 11 is 0. The summed E-state index contributed by atoms with van der Waals surface area (Å²) < 4.78 is 32.4. The number of likely N-dealkylation sites (N-methyl/N-ethyl adjacent to an activating group) is 1. The number of hydrogen-bond donors (Lipinski definition) is 2. The molecule has 2 aromatic rings. The fourth-order valence-corrected chi connectivity index (χ4v) is 3.57. The number of hydrogen-bond acceptors (Lipinski definition) is 4. The maximum atomic E-state index is 14.0. The van der Waals surface area contributed by atoms with Crippen LogP contribution in [-0.2, 0) is 0 Å². The van der Waals surface area contributed by atoms with Gasteiger partial charge < -0.3 is 25.0 Å². The summed E-state index contributed by atoms with van der Waals surface area (Å²) in [6.45, 7) is 3.77. The summed E-state index contributed by atoms with van der Waals surface area (Å²) in [5, 5.41) is 12.7. The van der Waals surface area contributed by atoms with Crippen LogP contribution in [0.25, 0.3) is 0 Å². The van der Waals surface area contributed by atoms with Crippen LogP contribution in [0.5, 0.6) is 5.75 Å². The predicted molar refractivity (Wildman–Crippen MR) is 115 cm³/mol. The van der Waals surface area contributed by atoms with Crippen LogP contribution in [0.4, 0.5) is 19.3 Å². The van der Waals surface area contributed by atoms with E-state index in [1.165, 1.54) is 41.3 Å². The highest BCUT2D eigenvalue weighted by Crippen LogP contribution is 2.29. The molecule has 0 aromatic heterocycles. The Morgan fingerprint density at radius 2 is 1.84 bits per heavy atom. The topological polar surface area (TPSA) is 65.0 Å². The number of carbonyl (C=O) groups excluding carboxylic acids is 1. The third-order valence-corrected chi connectivity index (χ3v) is 5.46. The molecule has 0 aliphatic carbocycles. The Morgan fingerprint density at radius 3 is 2.52 bits per heavy atom. The third-order valence-electron chi connectivity index (χ3n) is 5.46. The van der Waals surface area contributed by atoms with Gasteiger partial charge in [-0.3, -0.25) is 0 Å². The number of urea groups is 1. The lowest BCUT2D eigenvalue weighted by molar-refractivity contribution is 0.145. The van der Waals surface area contributed by atoms with Crippen LogP contribution in [0.15, 0.2) is 42.5 Å². The van der Waals surface area contributed by atoms with Gasteiger partial charge >= 0.3 is 6.03 Å². The van der Waals surface area contributed by atoms with Gasteiger partial charge in [0, 0.05) is 31.4 Å². The molecule has 1 saturated heterocycles. The molecule has 168 valence electrons. The normalized spacial score (nSPS) is 15.5. The smallest absolute Gasteiger partial charge is 0.317 e. The lowest BCUT2D eigenvalue weighted by atomic mass is 10.0. The monoisotopic (exact) mass is 433 g/mol. The van der Waals surface area contributed by atoms with Crippen molar-refractivity contribution in [3.63, 3.8) is 0 Å². The molecular formula is C23H29F2N3O3. The van der Waals surface area contributed by atoms with E-state index < -0.39 is 6.04 Å². The third kappa shape index (κ3) is 6.30. The molecule has 2 amide bonds. The largest absolute Gasteiger partial charge is 0.492 e. The second-order valence-electron chi connectivity index (χ2n) is 7.82. The van der Waals surface area contributed by atoms with Crippen LogP contribution in [0.3, 0.4) is 0 Å². The van der Waals surface area contributed by atoms with Crippen molar-refractivity contribution in [1.82, 2.24) is 10.2 Å². The minimum Gasteiger partial charge on any atom is -0.492 e. The first-order valence-electron chi connectivity index (χ1n) is 10.5. The van der Waals surface area contributed by atoms with Gasteiger partial charge in [0.25, 0.3) is 0 Å². The van der Waals surface area contributed by atoms with Gasteiger partial charge in [-0.05, 0) is 62.2 Å². The Bertz CT molecular complexity index is 871. The molecule has 0 radical (unpaired) electrons. The maximum Gasteiger partial charge on any atom is 0.317 e. The summed E-state index contributed by atoms with van der Waals surface area (Å²) in [6.07, 6.45) is 1.02. The van der Waals surface area contributed by atoms with Gasteiger partial charge in [-0.25, -0.2) is 13.6 Å². The van der Waals surface area contributed by atoms with E-state index in [2.05, 4.69) is 10.2 Å². The standard InChI is InChI=1S/C23H29F2N3O3/c1-16(21-15-18(25)5-8-22(21)28-11-9-19(29)10-12-28)26-23(30)27(2)13-14-31-20-6-3-17(24)4-7-20/h3-8,15-16,19,29H,9-14H2,1-2H3,(H,26,30). The Balaban J connectivity index is 1.57. The zero-order valence-corrected chi connectivity index (χ0v) is 17.9. The molecule has 1 fully saturated rings. The summed E-state index contributed by atoms with van der Waals surface area (Å²) in [6, 6.07) is 9.56. The Labute approximate surface area is 181 Å². The molecule has 1 atom stereocenters. The van der Waals surface area contributed by atoms with Crippen LogP contribution >= 0.6 is 0 Å². The van der Waals surface area contributed by atoms with E-state index in [9.17, 15) is 18.7 Å². The number of nitrogens with zero attached hydrogens (tertiary/aromatic N) is 2. The summed E-state index contributed by atoms with van der Waals surface area (Å²) in [5.41, 5.74) is 1.56. The van der Waals surface area contributed by atoms with Gasteiger partial charge in [-0.2, -0.15) is 0 Å². The van der Waals surface area contributed by atoms with Crippen molar-refractivity contribution in [2.75, 3.05) is 38.2 Å². The molecule has 2 aromatic carbocycles. The molecule has 3 rings (SSSR count). The van der Waals surface area contributed by atoms with Gasteiger partial charge in [0.1, 0.15) is 24.0 Å². The number of nitrogens with one attached hydrogen (secondary N) is 1. The van der Waals surface area contributed by atoms with E-state index in [-0.39, 0.29) is 30.4 Å². The average molecular weight is 433 g/mol. The number of carbonyl (C=O) groups is 1. The predicted octanol–water partition coefficient (Wildman–Crippen LogP) is 3.71. The first kappa shape index (κ1) is 22.8. The van der Waals surface area contributed by atoms with Gasteiger partial charge in [0.15, 0.2) is 0 Å². The van der Waals surface area contributed by atoms with Crippen molar-refractivity contribution >= 4 is 11.7 Å². The summed E-state index contributed by atoms with van der Waals surface area (Å²) in [5.74, 6) is -0.173. The second-order valence-corrected chi connectivity index (χ2v) is 7.82. The Kier molecular flexibility index (Phi) is 7.68. The van der Waals surface area contributed by atoms with Gasteiger partial charge in [-0.1, -0.05) is 0 Å². The number of piperidine rings is 1. The molecule has 2 N–H and O–H groups in total. The fraction of sp³-hybridized carbons (Fsp3) is 0.435. The highest BCUT2D eigenvalue weighted by atomic mass is 19.1. The minimum atomic E-state index is -0.412. The zero-order valence-electron chi connectivity index (χ0n) is 17.9. The number of aliphatic hydroxyl groups is 1. The average Bonchev–Trinajstić information content (AvgIpc) is 2.75. The number of aliphatic hydroxyl groups excluding tert-OH is 1. The number of rotatable bonds is 7. The Morgan fingerprint density at radius 1 is 1.19 bits per heavy atom. The van der Waals surface area contributed by atoms with Gasteiger partial charge in [0.2, 0.25) is 0 Å². The lowest BCUT2D eigenvalue weighted by Crippen LogP contribution is -2.41. The molecule has 0 bridgehead atoms. The maximum absolute atomic E-state index is 14.0. The van der Waals surface area contributed by atoms with Crippen LogP contribution < -0.4 is 15.0 Å². The highest BCUT2D eigenvalue weighted by Gasteiger charge is 2.23. The van der Waals surface area contributed by atoms with Crippen molar-refractivity contribution in [3.8, 4) is 5.75 Å². The molecule has 1 aliphatic heterocycles. The first-order valence-corrected chi connectivity index (χ1v) is 10.5. The quantitative estimate of drug-likeness (QED) is 0.699. The number of anilines is 1. The van der Waals surface area contributed by atoms with Crippen LogP contribution in [0, 0.1) is 11.6 Å². The fourth-order valence-electron chi connectivity index (χ4n) is 3.57. The van der Waals surface area contributed by atoms with Crippen LogP contribution in [0.1, 0.15) is 31.4 Å². The molecular weight excluding hydrogens is 404 g/mol. The molecule has 1 heterocycles. The molecule has 0 spiro atoms. The van der Waals surface area contributed by atoms with Gasteiger partial charge in [-0.15, -0.1) is 0 Å². The molecule has 0 saturated carbocycles. The van der Waals surface area contributed by atoms with E-state index in [1.807, 2.05) is 6.92 Å². The van der Waals surface area contributed by atoms with Crippen molar-refractivity contribution < 1.29 is 23.4 Å². The van der Waals surface area contributed by atoms with Crippen LogP contribution in [-0.4, -0.2) is 55.4 Å². The van der Waals surface area contributed by atoms with Crippen molar-refractivity contribution in [2.24, 2.45) is 0 Å². The second kappa shape index (κ2) is 10.4. The lowest BCUT2D eigenvalue weighted by Gasteiger charge is -2.34. The summed E-state index contributed by atoms with van der Waals surface area (Å²) in [7, 11) is 1.65. The highest BCUT2D eigenvalue weighted by molar-refractivity contribution is 5.75. The van der Waals surface area contributed by atoms with Crippen LogP contribution in [0.2, 0.25) is 0 Å². The number of amides is 2. The van der Waals surface area contributed by atoms with Crippen molar-refractivity contribution in [1.29, 1.82) is 0 Å². The first-order chi connectivity index (χ1) is 14.8. The molecule has 8 heteroatoms. The molecule has 1 unspecified atom stereocenters. The van der Waals surface area contributed by atoms with E-state index in [0.29, 0.717) is 43.8 Å². The van der Waals surface area contributed by atoms with E-state index >= 15 is 0 Å². The number of benzene rings is 2. The number of ether oxygens (including phenoxy) is 1. The van der Waals surface area contributed by atoms with Crippen molar-refractivity contribution in [3.05, 3.63) is 59.7 Å². The van der Waals surface area contributed by atoms with Crippen molar-refractivity contribution in [2.45, 2.75) is 31.9 Å². The van der Waals surface area contributed by atoms with E-state index in [0.717, 1.165) is 5.69 Å². The van der Waals surface area contributed by atoms with E-state index in [1.54, 1.807) is 13.1 Å².